The number of ether oxygens (including phenoxy) is 1. The summed E-state index contributed by atoms with van der Waals surface area (Å²) >= 11 is 3.40. The van der Waals surface area contributed by atoms with Crippen LogP contribution in [0.25, 0.3) is 0 Å². The summed E-state index contributed by atoms with van der Waals surface area (Å²) in [5, 5.41) is 3.19. The zero-order chi connectivity index (χ0) is 15.7. The van der Waals surface area contributed by atoms with E-state index in [1.807, 2.05) is 24.3 Å². The lowest BCUT2D eigenvalue weighted by molar-refractivity contribution is -0.127. The SMILES string of the molecule is CC(N)(C(=O)NC1CCCC2OCCC12)c1ccc(Br)cc1.Cl. The van der Waals surface area contributed by atoms with Gasteiger partial charge in [0.25, 0.3) is 0 Å². The van der Waals surface area contributed by atoms with Crippen LogP contribution in [0.1, 0.15) is 38.2 Å². The van der Waals surface area contributed by atoms with E-state index in [9.17, 15) is 4.79 Å². The van der Waals surface area contributed by atoms with Crippen molar-refractivity contribution >= 4 is 34.2 Å². The molecule has 2 aliphatic rings. The highest BCUT2D eigenvalue weighted by atomic mass is 79.9. The number of amides is 1. The number of fused-ring (bicyclic) bond motifs is 1. The number of halogens is 2. The molecule has 1 aliphatic carbocycles. The monoisotopic (exact) mass is 402 g/mol. The van der Waals surface area contributed by atoms with E-state index in [1.165, 1.54) is 0 Å². The molecule has 0 radical (unpaired) electrons. The minimum absolute atomic E-state index is 0. The number of nitrogens with one attached hydrogen (secondary N) is 1. The molecule has 4 unspecified atom stereocenters. The van der Waals surface area contributed by atoms with Gasteiger partial charge in [-0.2, -0.15) is 0 Å². The highest BCUT2D eigenvalue weighted by Crippen LogP contribution is 2.35. The molecule has 1 aromatic carbocycles. The molecule has 4 nitrogen and oxygen atoms in total. The second kappa shape index (κ2) is 7.51. The normalized spacial score (nSPS) is 29.1. The quantitative estimate of drug-likeness (QED) is 0.815. The zero-order valence-electron chi connectivity index (χ0n) is 13.3. The maximum Gasteiger partial charge on any atom is 0.244 e. The average Bonchev–Trinajstić information content (AvgIpc) is 2.97. The van der Waals surface area contributed by atoms with E-state index in [4.69, 9.17) is 10.5 Å². The van der Waals surface area contributed by atoms with Crippen LogP contribution in [0.15, 0.2) is 28.7 Å². The van der Waals surface area contributed by atoms with Crippen LogP contribution >= 0.6 is 28.3 Å². The van der Waals surface area contributed by atoms with Gasteiger partial charge in [0.1, 0.15) is 5.54 Å². The molecule has 0 bridgehead atoms. The highest BCUT2D eigenvalue weighted by Gasteiger charge is 2.40. The predicted octanol–water partition coefficient (Wildman–Crippen LogP) is 3.12. The van der Waals surface area contributed by atoms with Crippen molar-refractivity contribution < 1.29 is 9.53 Å². The third kappa shape index (κ3) is 3.90. The summed E-state index contributed by atoms with van der Waals surface area (Å²) < 4.78 is 6.74. The van der Waals surface area contributed by atoms with Crippen molar-refractivity contribution in [2.75, 3.05) is 6.61 Å². The lowest BCUT2D eigenvalue weighted by atomic mass is 9.81. The molecule has 0 spiro atoms. The number of carbonyl (C=O) groups is 1. The van der Waals surface area contributed by atoms with Crippen molar-refractivity contribution in [3.63, 3.8) is 0 Å². The molecule has 23 heavy (non-hydrogen) atoms. The third-order valence-electron chi connectivity index (χ3n) is 5.01. The number of rotatable bonds is 3. The summed E-state index contributed by atoms with van der Waals surface area (Å²) in [5.74, 6) is 0.339. The Bertz CT molecular complexity index is 550. The number of carbonyl (C=O) groups excluding carboxylic acids is 1. The number of hydrogen-bond acceptors (Lipinski definition) is 3. The first-order valence-electron chi connectivity index (χ1n) is 7.96. The molecular formula is C17H24BrClN2O2. The van der Waals surface area contributed by atoms with Crippen LogP contribution in [0.4, 0.5) is 0 Å². The van der Waals surface area contributed by atoms with E-state index < -0.39 is 5.54 Å². The van der Waals surface area contributed by atoms with E-state index >= 15 is 0 Å². The first-order valence-corrected chi connectivity index (χ1v) is 8.75. The van der Waals surface area contributed by atoms with Crippen molar-refractivity contribution in [2.24, 2.45) is 11.7 Å². The van der Waals surface area contributed by atoms with Crippen LogP contribution in [-0.4, -0.2) is 24.7 Å². The van der Waals surface area contributed by atoms with Gasteiger partial charge in [0.15, 0.2) is 0 Å². The smallest absolute Gasteiger partial charge is 0.244 e. The summed E-state index contributed by atoms with van der Waals surface area (Å²) in [6.07, 6.45) is 4.59. The van der Waals surface area contributed by atoms with Gasteiger partial charge in [-0.15, -0.1) is 12.4 Å². The Labute approximate surface area is 152 Å². The number of nitrogens with two attached hydrogens (primary N) is 1. The fraction of sp³-hybridized carbons (Fsp3) is 0.588. The molecule has 1 aliphatic heterocycles. The first-order chi connectivity index (χ1) is 10.5. The molecule has 0 aromatic heterocycles. The molecule has 1 amide bonds. The van der Waals surface area contributed by atoms with Gasteiger partial charge >= 0.3 is 0 Å². The largest absolute Gasteiger partial charge is 0.378 e. The molecule has 1 aromatic rings. The molecule has 3 N–H and O–H groups in total. The second-order valence-electron chi connectivity index (χ2n) is 6.58. The number of hydrogen-bond donors (Lipinski definition) is 2. The van der Waals surface area contributed by atoms with Crippen LogP contribution < -0.4 is 11.1 Å². The first kappa shape index (κ1) is 18.7. The van der Waals surface area contributed by atoms with Crippen LogP contribution in [0.2, 0.25) is 0 Å². The average molecular weight is 404 g/mol. The molecule has 6 heteroatoms. The van der Waals surface area contributed by atoms with E-state index in [1.54, 1.807) is 6.92 Å². The van der Waals surface area contributed by atoms with Crippen molar-refractivity contribution in [3.05, 3.63) is 34.3 Å². The maximum absolute atomic E-state index is 12.7. The van der Waals surface area contributed by atoms with Crippen LogP contribution in [-0.2, 0) is 15.1 Å². The Morgan fingerprint density at radius 1 is 1.30 bits per heavy atom. The van der Waals surface area contributed by atoms with E-state index in [2.05, 4.69) is 21.2 Å². The van der Waals surface area contributed by atoms with Gasteiger partial charge < -0.3 is 15.8 Å². The van der Waals surface area contributed by atoms with Crippen LogP contribution in [0.3, 0.4) is 0 Å². The van der Waals surface area contributed by atoms with E-state index in [-0.39, 0.29) is 24.4 Å². The van der Waals surface area contributed by atoms with Crippen LogP contribution in [0.5, 0.6) is 0 Å². The van der Waals surface area contributed by atoms with Gasteiger partial charge in [0.05, 0.1) is 6.10 Å². The van der Waals surface area contributed by atoms with Gasteiger partial charge in [-0.3, -0.25) is 4.79 Å². The number of benzene rings is 1. The predicted molar refractivity (Wildman–Crippen MR) is 96.6 cm³/mol. The fourth-order valence-electron chi connectivity index (χ4n) is 3.60. The molecule has 2 fully saturated rings. The Morgan fingerprint density at radius 3 is 2.70 bits per heavy atom. The maximum atomic E-state index is 12.7. The topological polar surface area (TPSA) is 64.4 Å². The van der Waals surface area contributed by atoms with Gasteiger partial charge in [-0.25, -0.2) is 0 Å². The zero-order valence-corrected chi connectivity index (χ0v) is 15.7. The Morgan fingerprint density at radius 2 is 2.00 bits per heavy atom. The van der Waals surface area contributed by atoms with Gasteiger partial charge in [-0.05, 0) is 50.3 Å². The van der Waals surface area contributed by atoms with Gasteiger partial charge in [0.2, 0.25) is 5.91 Å². The van der Waals surface area contributed by atoms with Crippen molar-refractivity contribution in [1.82, 2.24) is 5.32 Å². The van der Waals surface area contributed by atoms with Crippen molar-refractivity contribution in [2.45, 2.75) is 50.3 Å². The Kier molecular flexibility index (Phi) is 6.11. The Hall–Kier alpha value is -0.620. The minimum Gasteiger partial charge on any atom is -0.378 e. The molecule has 1 heterocycles. The van der Waals surface area contributed by atoms with Gasteiger partial charge in [0, 0.05) is 23.0 Å². The molecule has 1 saturated carbocycles. The minimum atomic E-state index is -1.02. The summed E-state index contributed by atoms with van der Waals surface area (Å²) in [5.41, 5.74) is 6.13. The van der Waals surface area contributed by atoms with Gasteiger partial charge in [-0.1, -0.05) is 28.1 Å². The van der Waals surface area contributed by atoms with Crippen molar-refractivity contribution in [3.8, 4) is 0 Å². The van der Waals surface area contributed by atoms with Crippen LogP contribution in [0, 0.1) is 5.92 Å². The fourth-order valence-corrected chi connectivity index (χ4v) is 3.86. The van der Waals surface area contributed by atoms with E-state index in [0.717, 1.165) is 42.3 Å². The summed E-state index contributed by atoms with van der Waals surface area (Å²) in [6.45, 7) is 2.59. The summed E-state index contributed by atoms with van der Waals surface area (Å²) in [7, 11) is 0. The molecular weight excluding hydrogens is 380 g/mol. The summed E-state index contributed by atoms with van der Waals surface area (Å²) in [6, 6.07) is 7.80. The molecule has 128 valence electrons. The standard InChI is InChI=1S/C17H23BrN2O2.ClH/c1-17(19,11-5-7-12(18)8-6-11)16(21)20-14-3-2-4-15-13(14)9-10-22-15;/h5-8,13-15H,2-4,9-10,19H2,1H3,(H,20,21);1H. The lowest BCUT2D eigenvalue weighted by Crippen LogP contribution is -2.55. The molecule has 1 saturated heterocycles. The molecule has 3 rings (SSSR count). The Balaban J connectivity index is 0.00000192. The summed E-state index contributed by atoms with van der Waals surface area (Å²) in [4.78, 5) is 12.7. The third-order valence-corrected chi connectivity index (χ3v) is 5.54. The van der Waals surface area contributed by atoms with Crippen molar-refractivity contribution in [1.29, 1.82) is 0 Å². The highest BCUT2D eigenvalue weighted by molar-refractivity contribution is 9.10. The molecule has 4 atom stereocenters. The van der Waals surface area contributed by atoms with E-state index in [0.29, 0.717) is 12.0 Å². The second-order valence-corrected chi connectivity index (χ2v) is 7.50. The lowest BCUT2D eigenvalue weighted by Gasteiger charge is -2.35.